The van der Waals surface area contributed by atoms with Gasteiger partial charge in [-0.2, -0.15) is 0 Å². The Morgan fingerprint density at radius 1 is 1.54 bits per heavy atom. The quantitative estimate of drug-likeness (QED) is 0.749. The van der Waals surface area contributed by atoms with Crippen molar-refractivity contribution in [2.24, 2.45) is 0 Å². The minimum absolute atomic E-state index is 0.0137. The Kier molecular flexibility index (Phi) is 1.98. The molecule has 66 valence electrons. The predicted molar refractivity (Wildman–Crippen MR) is 52.9 cm³/mol. The third-order valence-corrected chi connectivity index (χ3v) is 2.61. The molecule has 1 N–H and O–H groups in total. The normalized spacial score (nSPS) is 10.2. The molecule has 0 aliphatic heterocycles. The summed E-state index contributed by atoms with van der Waals surface area (Å²) in [7, 11) is 0. The average molecular weight is 192 g/mol. The van der Waals surface area contributed by atoms with E-state index in [1.807, 2.05) is 6.92 Å². The molecule has 3 nitrogen and oxygen atoms in total. The fraction of sp³-hybridized carbons (Fsp3) is 0.111. The smallest absolute Gasteiger partial charge is 0.182 e. The number of pyridine rings is 1. The first-order valence-corrected chi connectivity index (χ1v) is 4.69. The van der Waals surface area contributed by atoms with E-state index in [1.54, 1.807) is 29.8 Å². The van der Waals surface area contributed by atoms with Gasteiger partial charge in [0.05, 0.1) is 15.6 Å². The molecule has 2 heterocycles. The van der Waals surface area contributed by atoms with E-state index in [4.69, 9.17) is 0 Å². The van der Waals surface area contributed by atoms with Crippen LogP contribution < -0.4 is 5.43 Å². The topological polar surface area (TPSA) is 45.8 Å². The van der Waals surface area contributed by atoms with Gasteiger partial charge in [0, 0.05) is 24.5 Å². The lowest BCUT2D eigenvalue weighted by molar-refractivity contribution is 1.28. The first kappa shape index (κ1) is 8.19. The van der Waals surface area contributed by atoms with Crippen molar-refractivity contribution in [2.45, 2.75) is 6.92 Å². The van der Waals surface area contributed by atoms with Crippen molar-refractivity contribution in [1.82, 2.24) is 9.97 Å². The molecule has 2 aromatic heterocycles. The monoisotopic (exact) mass is 192 g/mol. The van der Waals surface area contributed by atoms with Crippen LogP contribution in [0.4, 0.5) is 0 Å². The first-order valence-electron chi connectivity index (χ1n) is 3.87. The lowest BCUT2D eigenvalue weighted by atomic mass is 10.3. The molecule has 2 rings (SSSR count). The SMILES string of the molecule is Cc1ncc(-c2cc(=O)cc[nH]2)s1. The van der Waals surface area contributed by atoms with Gasteiger partial charge in [-0.3, -0.25) is 4.79 Å². The van der Waals surface area contributed by atoms with E-state index in [0.29, 0.717) is 0 Å². The summed E-state index contributed by atoms with van der Waals surface area (Å²) in [5.74, 6) is 0. The second kappa shape index (κ2) is 3.14. The molecule has 0 amide bonds. The number of aryl methyl sites for hydroxylation is 1. The van der Waals surface area contributed by atoms with Crippen molar-refractivity contribution >= 4 is 11.3 Å². The Morgan fingerprint density at radius 2 is 2.38 bits per heavy atom. The van der Waals surface area contributed by atoms with Gasteiger partial charge in [-0.15, -0.1) is 11.3 Å². The summed E-state index contributed by atoms with van der Waals surface area (Å²) in [6.07, 6.45) is 3.41. The summed E-state index contributed by atoms with van der Waals surface area (Å²) in [6.45, 7) is 1.94. The minimum Gasteiger partial charge on any atom is -0.360 e. The highest BCUT2D eigenvalue weighted by atomic mass is 32.1. The molecule has 0 spiro atoms. The van der Waals surface area contributed by atoms with Crippen molar-refractivity contribution in [2.75, 3.05) is 0 Å². The largest absolute Gasteiger partial charge is 0.360 e. The van der Waals surface area contributed by atoms with Crippen LogP contribution in [0.3, 0.4) is 0 Å². The van der Waals surface area contributed by atoms with Crippen molar-refractivity contribution in [1.29, 1.82) is 0 Å². The van der Waals surface area contributed by atoms with Crippen molar-refractivity contribution < 1.29 is 0 Å². The third-order valence-electron chi connectivity index (χ3n) is 1.66. The number of aromatic nitrogens is 2. The molecule has 0 fully saturated rings. The van der Waals surface area contributed by atoms with Crippen LogP contribution in [0.1, 0.15) is 5.01 Å². The van der Waals surface area contributed by atoms with Gasteiger partial charge in [0.15, 0.2) is 5.43 Å². The zero-order valence-electron chi connectivity index (χ0n) is 7.07. The maximum absolute atomic E-state index is 11.0. The lowest BCUT2D eigenvalue weighted by Crippen LogP contribution is -1.96. The second-order valence-corrected chi connectivity index (χ2v) is 3.92. The zero-order chi connectivity index (χ0) is 9.26. The van der Waals surface area contributed by atoms with Crippen LogP contribution >= 0.6 is 11.3 Å². The molecule has 0 unspecified atom stereocenters. The standard InChI is InChI=1S/C9H8N2OS/c1-6-11-5-9(13-6)8-4-7(12)2-3-10-8/h2-5H,1H3,(H,10,12). The minimum atomic E-state index is 0.0137. The van der Waals surface area contributed by atoms with Gasteiger partial charge in [-0.25, -0.2) is 4.98 Å². The van der Waals surface area contributed by atoms with Crippen LogP contribution in [0.25, 0.3) is 10.6 Å². The molecule has 2 aromatic rings. The second-order valence-electron chi connectivity index (χ2n) is 2.68. The number of nitrogens with one attached hydrogen (secondary N) is 1. The van der Waals surface area contributed by atoms with E-state index < -0.39 is 0 Å². The molecule has 0 saturated carbocycles. The molecule has 0 saturated heterocycles. The van der Waals surface area contributed by atoms with Crippen LogP contribution in [-0.4, -0.2) is 9.97 Å². The van der Waals surface area contributed by atoms with E-state index >= 15 is 0 Å². The van der Waals surface area contributed by atoms with Crippen molar-refractivity contribution in [3.63, 3.8) is 0 Å². The van der Waals surface area contributed by atoms with Gasteiger partial charge in [0.1, 0.15) is 0 Å². The van der Waals surface area contributed by atoms with Gasteiger partial charge in [0.25, 0.3) is 0 Å². The number of rotatable bonds is 1. The molecule has 4 heteroatoms. The van der Waals surface area contributed by atoms with E-state index in [0.717, 1.165) is 15.6 Å². The van der Waals surface area contributed by atoms with E-state index in [2.05, 4.69) is 9.97 Å². The number of thiazole rings is 1. The Balaban J connectivity index is 2.52. The summed E-state index contributed by atoms with van der Waals surface area (Å²) < 4.78 is 0. The number of hydrogen-bond donors (Lipinski definition) is 1. The average Bonchev–Trinajstić information content (AvgIpc) is 2.52. The fourth-order valence-corrected chi connectivity index (χ4v) is 1.83. The summed E-state index contributed by atoms with van der Waals surface area (Å²) in [6, 6.07) is 3.07. The molecule has 0 atom stereocenters. The molecule has 0 aromatic carbocycles. The maximum Gasteiger partial charge on any atom is 0.182 e. The van der Waals surface area contributed by atoms with Gasteiger partial charge in [-0.1, -0.05) is 0 Å². The third kappa shape index (κ3) is 1.67. The van der Waals surface area contributed by atoms with Crippen molar-refractivity contribution in [3.05, 3.63) is 39.8 Å². The Morgan fingerprint density at radius 3 is 3.00 bits per heavy atom. The molecule has 0 bridgehead atoms. The van der Waals surface area contributed by atoms with Crippen LogP contribution in [0.15, 0.2) is 29.3 Å². The predicted octanol–water partition coefficient (Wildman–Crippen LogP) is 1.81. The number of H-pyrrole nitrogens is 1. The maximum atomic E-state index is 11.0. The van der Waals surface area contributed by atoms with Crippen LogP contribution in [-0.2, 0) is 0 Å². The number of hydrogen-bond acceptors (Lipinski definition) is 3. The van der Waals surface area contributed by atoms with Crippen LogP contribution in [0, 0.1) is 6.92 Å². The highest BCUT2D eigenvalue weighted by Crippen LogP contribution is 2.22. The lowest BCUT2D eigenvalue weighted by Gasteiger charge is -1.93. The van der Waals surface area contributed by atoms with Gasteiger partial charge in [0.2, 0.25) is 0 Å². The molecule has 0 radical (unpaired) electrons. The van der Waals surface area contributed by atoms with Crippen molar-refractivity contribution in [3.8, 4) is 10.6 Å². The first-order chi connectivity index (χ1) is 6.25. The summed E-state index contributed by atoms with van der Waals surface area (Å²) >= 11 is 1.57. The van der Waals surface area contributed by atoms with E-state index in [-0.39, 0.29) is 5.43 Å². The Bertz CT molecular complexity index is 472. The molecule has 13 heavy (non-hydrogen) atoms. The van der Waals surface area contributed by atoms with Gasteiger partial charge < -0.3 is 4.98 Å². The van der Waals surface area contributed by atoms with Crippen LogP contribution in [0.2, 0.25) is 0 Å². The molecular formula is C9H8N2OS. The highest BCUT2D eigenvalue weighted by Gasteiger charge is 2.01. The Labute approximate surface area is 79.1 Å². The van der Waals surface area contributed by atoms with Gasteiger partial charge >= 0.3 is 0 Å². The molecular weight excluding hydrogens is 184 g/mol. The Hall–Kier alpha value is -1.42. The zero-order valence-corrected chi connectivity index (χ0v) is 7.89. The van der Waals surface area contributed by atoms with E-state index in [9.17, 15) is 4.79 Å². The summed E-state index contributed by atoms with van der Waals surface area (Å²) in [5.41, 5.74) is 0.845. The molecule has 0 aliphatic carbocycles. The molecule has 0 aliphatic rings. The fourth-order valence-electron chi connectivity index (χ4n) is 1.07. The van der Waals surface area contributed by atoms with Crippen LogP contribution in [0.5, 0.6) is 0 Å². The highest BCUT2D eigenvalue weighted by molar-refractivity contribution is 7.15. The summed E-state index contributed by atoms with van der Waals surface area (Å²) in [4.78, 5) is 19.2. The number of nitrogens with zero attached hydrogens (tertiary/aromatic N) is 1. The van der Waals surface area contributed by atoms with Gasteiger partial charge in [-0.05, 0) is 6.92 Å². The van der Waals surface area contributed by atoms with E-state index in [1.165, 1.54) is 6.07 Å². The summed E-state index contributed by atoms with van der Waals surface area (Å²) in [5, 5.41) is 1.000. The number of aromatic amines is 1.